The second kappa shape index (κ2) is 38.3. The number of aromatic nitrogens is 6. The van der Waals surface area contributed by atoms with Crippen LogP contribution in [-0.4, -0.2) is 166 Å². The molecule has 0 saturated heterocycles. The van der Waals surface area contributed by atoms with Crippen LogP contribution in [0.4, 0.5) is 58.4 Å². The summed E-state index contributed by atoms with van der Waals surface area (Å²) >= 11 is 0.325. The van der Waals surface area contributed by atoms with E-state index < -0.39 is 146 Å². The van der Waals surface area contributed by atoms with Crippen LogP contribution >= 0.6 is 12.0 Å². The molecule has 0 aliphatic heterocycles. The van der Waals surface area contributed by atoms with Crippen LogP contribution in [-0.2, 0) is 60.0 Å². The summed E-state index contributed by atoms with van der Waals surface area (Å²) in [4.78, 5) is 22.9. The van der Waals surface area contributed by atoms with Crippen molar-refractivity contribution in [3.63, 3.8) is 0 Å². The zero-order chi connectivity index (χ0) is 62.3. The molecule has 2 aromatic heterocycles. The minimum absolute atomic E-state index is 0. The molecule has 90 heavy (non-hydrogen) atoms. The van der Waals surface area contributed by atoms with Gasteiger partial charge in [-0.3, -0.25) is 5.04 Å². The molecular weight excluding hydrogens is 1380 g/mol. The van der Waals surface area contributed by atoms with Crippen LogP contribution in [0.25, 0.3) is 12.2 Å². The zero-order valence-corrected chi connectivity index (χ0v) is 66.3. The predicted octanol–water partition coefficient (Wildman–Crippen LogP) is -17.9. The number of anilines is 10. The van der Waals surface area contributed by atoms with Crippen LogP contribution < -0.4 is 214 Å². The molecule has 4 aromatic carbocycles. The van der Waals surface area contributed by atoms with E-state index in [2.05, 4.69) is 60.5 Å². The van der Waals surface area contributed by atoms with Crippen molar-refractivity contribution in [2.45, 2.75) is 81.5 Å². The summed E-state index contributed by atoms with van der Waals surface area (Å²) in [5, 5.41) is 65.0. The van der Waals surface area contributed by atoms with Gasteiger partial charge in [0.2, 0.25) is 35.7 Å². The van der Waals surface area contributed by atoms with Gasteiger partial charge in [-0.15, -0.1) is 0 Å². The molecule has 0 radical (unpaired) electrons. The van der Waals surface area contributed by atoms with Gasteiger partial charge in [0, 0.05) is 42.4 Å². The van der Waals surface area contributed by atoms with Crippen molar-refractivity contribution in [3.05, 3.63) is 83.9 Å². The van der Waals surface area contributed by atoms with Gasteiger partial charge in [0.25, 0.3) is 0 Å². The first-order chi connectivity index (χ1) is 39.0. The van der Waals surface area contributed by atoms with E-state index in [0.29, 0.717) is 30.2 Å². The molecule has 4 unspecified atom stereocenters. The minimum Gasteiger partial charge on any atom is -0.744 e. The first-order valence-electron chi connectivity index (χ1n) is 23.5. The number of rotatable bonds is 28. The van der Waals surface area contributed by atoms with Crippen LogP contribution in [0, 0.1) is 0 Å². The zero-order valence-electron chi connectivity index (χ0n) is 49.4. The van der Waals surface area contributed by atoms with E-state index in [0.717, 1.165) is 60.7 Å². The third-order valence-corrected chi connectivity index (χ3v) is 15.6. The molecule has 0 fully saturated rings. The molecule has 0 amide bonds. The molecule has 456 valence electrons. The van der Waals surface area contributed by atoms with Gasteiger partial charge in [0.15, 0.2) is 0 Å². The average Bonchev–Trinajstić information content (AvgIpc) is 0.993. The van der Waals surface area contributed by atoms with Crippen LogP contribution in [0.5, 0.6) is 0 Å². The molecule has 6 aromatic rings. The average molecular weight is 1430 g/mol. The molecule has 0 saturated carbocycles. The number of benzene rings is 4. The molecule has 46 heteroatoms. The standard InChI is InChI=1S/C44H52N12O22S6.6Na/c1-23(57)19-55(20-24(2)58)43-51-39(49-41(53-43)47-33-17-31(79-78-77-61)11-13-35(33)81(65,66)67)45-29-9-7-27(37(15-29)83(71,72)73)5-6-28-8-10-30(16-38(28)84(74,75)76)46-40-50-42(54-44(52-40)56(21-25(3)59)22-26(4)60)48-34-18-32(80(62,63)64)12-14-36(34)82(68,69)70;;;;;;/h5-18,23-26,57-61H,19-22H2,1-4H3,(H,62,63,64)(H,65,66,67)(H,68,69,70)(H,71,72,73)(H,74,75,76)(H2,45,47,49,51,53)(H2,46,48,50,52,54);;;;;;/q;6*+1/p-6/b6-5+;;;;;;. The molecule has 0 bridgehead atoms. The summed E-state index contributed by atoms with van der Waals surface area (Å²) in [5.41, 5.74) is -2.55. The Bertz CT molecular complexity index is 4030. The van der Waals surface area contributed by atoms with Crippen molar-refractivity contribution in [3.8, 4) is 0 Å². The summed E-state index contributed by atoms with van der Waals surface area (Å²) in [6.07, 6.45) is -2.49. The van der Waals surface area contributed by atoms with Gasteiger partial charge in [0.1, 0.15) is 50.6 Å². The Morgan fingerprint density at radius 2 is 0.789 bits per heavy atom. The van der Waals surface area contributed by atoms with E-state index in [1.54, 1.807) is 0 Å². The molecule has 2 heterocycles. The van der Waals surface area contributed by atoms with E-state index >= 15 is 0 Å². The first kappa shape index (κ1) is 89.1. The molecule has 0 spiro atoms. The minimum atomic E-state index is -5.47. The van der Waals surface area contributed by atoms with Crippen LogP contribution in [0.2, 0.25) is 0 Å². The van der Waals surface area contributed by atoms with E-state index in [1.807, 2.05) is 0 Å². The third kappa shape index (κ3) is 27.2. The molecule has 0 aliphatic rings. The summed E-state index contributed by atoms with van der Waals surface area (Å²) in [6.45, 7) is 4.49. The van der Waals surface area contributed by atoms with Crippen molar-refractivity contribution in [1.29, 1.82) is 0 Å². The van der Waals surface area contributed by atoms with Gasteiger partial charge in [-0.25, -0.2) is 42.1 Å². The maximum Gasteiger partial charge on any atom is 1.00 e. The number of aliphatic hydroxyl groups excluding tert-OH is 4. The Morgan fingerprint density at radius 3 is 1.11 bits per heavy atom. The van der Waals surface area contributed by atoms with Crippen molar-refractivity contribution in [2.24, 2.45) is 0 Å². The van der Waals surface area contributed by atoms with E-state index in [-0.39, 0.29) is 231 Å². The summed E-state index contributed by atoms with van der Waals surface area (Å²) in [7, 11) is -26.8. The van der Waals surface area contributed by atoms with Gasteiger partial charge in [-0.2, -0.15) is 34.2 Å². The van der Waals surface area contributed by atoms with Crippen LogP contribution in [0.15, 0.2) is 102 Å². The molecule has 4 atom stereocenters. The van der Waals surface area contributed by atoms with Crippen LogP contribution in [0.3, 0.4) is 0 Å². The van der Waals surface area contributed by atoms with E-state index in [9.17, 15) is 90.5 Å². The fourth-order valence-corrected chi connectivity index (χ4v) is 11.0. The third-order valence-electron chi connectivity index (χ3n) is 10.7. The monoisotopic (exact) mass is 1420 g/mol. The van der Waals surface area contributed by atoms with E-state index in [4.69, 9.17) is 0 Å². The Labute approximate surface area is 653 Å². The maximum atomic E-state index is 12.8. The van der Waals surface area contributed by atoms with Gasteiger partial charge in [0.05, 0.1) is 72.3 Å². The Morgan fingerprint density at radius 1 is 0.456 bits per heavy atom. The largest absolute Gasteiger partial charge is 1.00 e. The number of nitrogens with one attached hydrogen (secondary N) is 4. The Kier molecular flexibility index (Phi) is 37.9. The van der Waals surface area contributed by atoms with Crippen molar-refractivity contribution < 1.29 is 277 Å². The van der Waals surface area contributed by atoms with Crippen molar-refractivity contribution >= 4 is 133 Å². The number of nitrogens with zero attached hydrogens (tertiary/aromatic N) is 8. The summed E-state index contributed by atoms with van der Waals surface area (Å²) in [5.74, 6) is -2.90. The Hall–Kier alpha value is -0.940. The van der Waals surface area contributed by atoms with Crippen molar-refractivity contribution in [1.82, 2.24) is 29.9 Å². The van der Waals surface area contributed by atoms with Gasteiger partial charge < -0.3 is 79.5 Å². The summed E-state index contributed by atoms with van der Waals surface area (Å²) in [6, 6.07) is 10.6. The normalized spacial score (nSPS) is 13.0. The second-order valence-electron chi connectivity index (χ2n) is 17.9. The van der Waals surface area contributed by atoms with Gasteiger partial charge in [-0.05, 0) is 99.5 Å². The van der Waals surface area contributed by atoms with Gasteiger partial charge >= 0.3 is 177 Å². The SMILES string of the molecule is CC(O)CN(CC(C)O)c1nc(Nc2ccc(/C=C/c3ccc(Nc4nc(Nc5cc(S(=O)(=O)[O-])ccc5S(=O)(=O)[O-])nc(N(CC(C)O)CC(C)O)n4)cc3S(=O)(=O)[O-])c(S(=O)(=O)[O-])c2)nc(Nc2cc(SOO[O-])ccc2S(=O)(=O)[O-])n1.[Na+].[Na+].[Na+].[Na+].[Na+].[Na+]. The fraction of sp³-hybridized carbons (Fsp3) is 0.273. The molecule has 34 nitrogen and oxygen atoms in total. The quantitative estimate of drug-likeness (QED) is 0.00565. The topological polar surface area (TPSA) is 540 Å². The maximum absolute atomic E-state index is 12.8. The molecule has 0 aliphatic carbocycles. The first-order valence-corrected chi connectivity index (χ1v) is 31.2. The second-order valence-corrected chi connectivity index (χ2v) is 25.5. The van der Waals surface area contributed by atoms with Crippen LogP contribution in [0.1, 0.15) is 38.8 Å². The fourth-order valence-electron chi connectivity index (χ4n) is 7.51. The predicted molar refractivity (Wildman–Crippen MR) is 286 cm³/mol. The molecule has 8 N–H and O–H groups in total. The number of hydrogen-bond donors (Lipinski definition) is 8. The summed E-state index contributed by atoms with van der Waals surface area (Å²) < 4.78 is 190. The smallest absolute Gasteiger partial charge is 0.744 e. The number of hydrogen-bond acceptors (Lipinski definition) is 35. The van der Waals surface area contributed by atoms with Crippen molar-refractivity contribution in [2.75, 3.05) is 57.2 Å². The number of aliphatic hydroxyl groups is 4. The van der Waals surface area contributed by atoms with Gasteiger partial charge in [-0.1, -0.05) is 24.3 Å². The Balaban J connectivity index is 0.0000132. The molecular formula is C44H46N12Na6O22S6. The molecule has 6 rings (SSSR count). The van der Waals surface area contributed by atoms with E-state index in [1.165, 1.54) is 43.6 Å².